The fourth-order valence-electron chi connectivity index (χ4n) is 6.27. The maximum Gasteiger partial charge on any atom is 0.360 e. The Kier molecular flexibility index (Phi) is 16.7. The first-order chi connectivity index (χ1) is 27.3. The van der Waals surface area contributed by atoms with Gasteiger partial charge < -0.3 is 29.7 Å². The molecule has 0 spiro atoms. The van der Waals surface area contributed by atoms with Crippen molar-refractivity contribution in [2.24, 2.45) is 17.8 Å². The molecular formula is C45H55N3O9. The second-order valence-electron chi connectivity index (χ2n) is 14.9. The van der Waals surface area contributed by atoms with E-state index in [4.69, 9.17) is 24.4 Å². The second kappa shape index (κ2) is 21.6. The Balaban J connectivity index is 1.61. The van der Waals surface area contributed by atoms with Gasteiger partial charge in [0.15, 0.2) is 11.5 Å². The van der Waals surface area contributed by atoms with Crippen molar-refractivity contribution in [3.05, 3.63) is 88.8 Å². The van der Waals surface area contributed by atoms with Gasteiger partial charge in [0.1, 0.15) is 11.4 Å². The van der Waals surface area contributed by atoms with Crippen molar-refractivity contribution < 1.29 is 42.9 Å². The number of ketones is 1. The van der Waals surface area contributed by atoms with Crippen molar-refractivity contribution in [2.45, 2.75) is 85.5 Å². The number of hydrogen-bond acceptors (Lipinski definition) is 11. The lowest BCUT2D eigenvalue weighted by atomic mass is 9.90. The highest BCUT2D eigenvalue weighted by Crippen LogP contribution is 2.35. The molecule has 0 saturated heterocycles. The van der Waals surface area contributed by atoms with Crippen LogP contribution in [-0.4, -0.2) is 67.3 Å². The monoisotopic (exact) mass is 781 g/mol. The van der Waals surface area contributed by atoms with E-state index in [2.05, 4.69) is 23.8 Å². The van der Waals surface area contributed by atoms with E-state index in [-0.39, 0.29) is 52.8 Å². The van der Waals surface area contributed by atoms with Crippen LogP contribution in [0.1, 0.15) is 127 Å². The fraction of sp³-hybridized carbons (Fsp3) is 0.444. The molecule has 1 fully saturated rings. The summed E-state index contributed by atoms with van der Waals surface area (Å²) in [5.74, 6) is -2.08. The smallest absolute Gasteiger partial charge is 0.360 e. The molecule has 57 heavy (non-hydrogen) atoms. The van der Waals surface area contributed by atoms with Crippen molar-refractivity contribution >= 4 is 41.4 Å². The highest BCUT2D eigenvalue weighted by atomic mass is 16.7. The third-order valence-electron chi connectivity index (χ3n) is 9.62. The third-order valence-corrected chi connectivity index (χ3v) is 9.62. The molecule has 0 unspecified atom stereocenters. The van der Waals surface area contributed by atoms with Crippen LogP contribution in [0.2, 0.25) is 0 Å². The lowest BCUT2D eigenvalue weighted by Gasteiger charge is -2.17. The van der Waals surface area contributed by atoms with Gasteiger partial charge in [-0.1, -0.05) is 83.9 Å². The summed E-state index contributed by atoms with van der Waals surface area (Å²) < 4.78 is 21.5. The molecule has 0 aliphatic heterocycles. The van der Waals surface area contributed by atoms with Crippen molar-refractivity contribution in [2.75, 3.05) is 27.1 Å². The molecule has 1 atom stereocenters. The van der Waals surface area contributed by atoms with E-state index < -0.39 is 36.5 Å². The molecule has 3 aromatic rings. The molecule has 0 bridgehead atoms. The molecule has 12 nitrogen and oxygen atoms in total. The van der Waals surface area contributed by atoms with Crippen LogP contribution < -0.4 is 10.1 Å². The van der Waals surface area contributed by atoms with Crippen molar-refractivity contribution in [3.63, 3.8) is 0 Å². The minimum Gasteiger partial charge on any atom is -0.496 e. The first kappa shape index (κ1) is 44.1. The Hall–Kier alpha value is -5.65. The highest BCUT2D eigenvalue weighted by molar-refractivity contribution is 6.09. The molecule has 1 aliphatic carbocycles. The van der Waals surface area contributed by atoms with Gasteiger partial charge in [0, 0.05) is 35.4 Å². The highest BCUT2D eigenvalue weighted by Gasteiger charge is 2.27. The van der Waals surface area contributed by atoms with E-state index in [9.17, 15) is 24.0 Å². The fourth-order valence-corrected chi connectivity index (χ4v) is 6.27. The van der Waals surface area contributed by atoms with Crippen LogP contribution in [0.15, 0.2) is 55.1 Å². The van der Waals surface area contributed by atoms with Crippen molar-refractivity contribution in [3.8, 4) is 16.9 Å². The van der Waals surface area contributed by atoms with Crippen LogP contribution in [-0.2, 0) is 30.2 Å². The number of nitrogens with zero attached hydrogens (tertiary/aromatic N) is 1. The minimum atomic E-state index is -0.963. The third kappa shape index (κ3) is 13.2. The van der Waals surface area contributed by atoms with Gasteiger partial charge in [-0.3, -0.25) is 19.2 Å². The lowest BCUT2D eigenvalue weighted by Crippen LogP contribution is -2.27. The van der Waals surface area contributed by atoms with Gasteiger partial charge in [0.05, 0.1) is 26.1 Å². The number of hydrogen-bond donors (Lipinski definition) is 2. The number of carbonyl (C=O) groups is 5. The van der Waals surface area contributed by atoms with Crippen LogP contribution in [0.25, 0.3) is 17.2 Å². The van der Waals surface area contributed by atoms with Gasteiger partial charge in [0.25, 0.3) is 5.91 Å². The summed E-state index contributed by atoms with van der Waals surface area (Å²) in [6.07, 6.45) is 7.93. The molecule has 12 heteroatoms. The predicted octanol–water partition coefficient (Wildman–Crippen LogP) is 8.19. The Labute approximate surface area is 335 Å². The van der Waals surface area contributed by atoms with Crippen LogP contribution in [0.5, 0.6) is 5.75 Å². The number of methoxy groups -OCH3 is 1. The van der Waals surface area contributed by atoms with Crippen molar-refractivity contribution in [1.82, 2.24) is 10.3 Å². The van der Waals surface area contributed by atoms with Crippen LogP contribution in [0.3, 0.4) is 0 Å². The summed E-state index contributed by atoms with van der Waals surface area (Å²) in [6.45, 7) is 11.8. The first-order valence-corrected chi connectivity index (χ1v) is 19.7. The van der Waals surface area contributed by atoms with E-state index in [1.54, 1.807) is 49.4 Å². The van der Waals surface area contributed by atoms with E-state index >= 15 is 0 Å². The molecule has 1 heterocycles. The summed E-state index contributed by atoms with van der Waals surface area (Å²) in [5.41, 5.74) is 2.23. The molecule has 1 amide bonds. The van der Waals surface area contributed by atoms with E-state index in [0.717, 1.165) is 38.5 Å². The summed E-state index contributed by atoms with van der Waals surface area (Å²) in [4.78, 5) is 70.3. The second-order valence-corrected chi connectivity index (χ2v) is 14.9. The Bertz CT molecular complexity index is 1930. The first-order valence-electron chi connectivity index (χ1n) is 19.7. The normalized spacial score (nSPS) is 12.7. The predicted molar refractivity (Wildman–Crippen MR) is 217 cm³/mol. The zero-order valence-corrected chi connectivity index (χ0v) is 33.7. The summed E-state index contributed by atoms with van der Waals surface area (Å²) in [5, 5.41) is 11.3. The number of Topliss-reactive ketones (excluding diaryl/α,β-unsaturated/α-hetero) is 1. The van der Waals surface area contributed by atoms with Crippen molar-refractivity contribution in [1.29, 1.82) is 5.41 Å². The van der Waals surface area contributed by atoms with E-state index in [1.807, 2.05) is 13.8 Å². The SMILES string of the molecule is C=Cc1cc(C(=O)Cc2ccc(C(=N)CC(=O)OCCCCCC)cc2)c(-c2ccc(C(=O)NCC3CC3)nc2C(=O)OCOC(=O)[C@@H](C)CC(C)C)cc1OC. The quantitative estimate of drug-likeness (QED) is 0.0314. The Morgan fingerprint density at radius 1 is 0.947 bits per heavy atom. The molecule has 304 valence electrons. The van der Waals surface area contributed by atoms with Gasteiger partial charge in [0.2, 0.25) is 6.79 Å². The topological polar surface area (TPSA) is 171 Å². The van der Waals surface area contributed by atoms with Gasteiger partial charge >= 0.3 is 17.9 Å². The molecule has 1 saturated carbocycles. The number of nitrogens with one attached hydrogen (secondary N) is 2. The summed E-state index contributed by atoms with van der Waals surface area (Å²) in [6, 6.07) is 13.0. The summed E-state index contributed by atoms with van der Waals surface area (Å²) in [7, 11) is 1.47. The van der Waals surface area contributed by atoms with Crippen LogP contribution in [0, 0.1) is 23.2 Å². The van der Waals surface area contributed by atoms with Gasteiger partial charge in [-0.15, -0.1) is 0 Å². The number of aromatic nitrogens is 1. The number of benzene rings is 2. The molecule has 0 radical (unpaired) electrons. The summed E-state index contributed by atoms with van der Waals surface area (Å²) >= 11 is 0. The van der Waals surface area contributed by atoms with Gasteiger partial charge in [-0.25, -0.2) is 9.78 Å². The number of pyridine rings is 1. The average Bonchev–Trinajstić information content (AvgIpc) is 4.03. The standard InChI is InChI=1S/C45H55N3O9/c1-7-9-10-11-20-55-41(50)25-37(46)33-16-14-30(15-17-33)22-39(49)36-23-32(8-2)40(54-6)24-35(36)34-18-19-38(43(51)47-26-31-12-13-31)48-42(34)45(53)57-27-56-44(52)29(5)21-28(3)4/h8,14-19,23-24,28-29,31,46H,2,7,9-13,20-22,25-27H2,1,3-6H3,(H,47,51)/t29-/m0/s1. The molecule has 2 aromatic carbocycles. The van der Waals surface area contributed by atoms with E-state index in [1.165, 1.54) is 19.2 Å². The number of ether oxygens (including phenoxy) is 4. The number of carbonyl (C=O) groups excluding carboxylic acids is 5. The zero-order valence-electron chi connectivity index (χ0n) is 33.7. The van der Waals surface area contributed by atoms with Gasteiger partial charge in [-0.05, 0) is 78.5 Å². The number of esters is 3. The minimum absolute atomic E-state index is 0.0256. The Morgan fingerprint density at radius 3 is 2.33 bits per heavy atom. The maximum atomic E-state index is 14.2. The lowest BCUT2D eigenvalue weighted by molar-refractivity contribution is -0.157. The maximum absolute atomic E-state index is 14.2. The largest absolute Gasteiger partial charge is 0.496 e. The molecule has 1 aromatic heterocycles. The van der Waals surface area contributed by atoms with Crippen LogP contribution in [0.4, 0.5) is 0 Å². The van der Waals surface area contributed by atoms with Crippen LogP contribution >= 0.6 is 0 Å². The number of rotatable bonds is 23. The molecular weight excluding hydrogens is 727 g/mol. The number of amides is 1. The molecule has 1 aliphatic rings. The average molecular weight is 782 g/mol. The molecule has 4 rings (SSSR count). The number of unbranched alkanes of at least 4 members (excludes halogenated alkanes) is 3. The zero-order chi connectivity index (χ0) is 41.5. The Morgan fingerprint density at radius 2 is 1.68 bits per heavy atom. The van der Waals surface area contributed by atoms with Gasteiger partial charge in [-0.2, -0.15) is 0 Å². The van der Waals surface area contributed by atoms with E-state index in [0.29, 0.717) is 53.5 Å². The molecule has 2 N–H and O–H groups in total.